The number of nitrogens with zero attached hydrogens (tertiary/aromatic N) is 4. The fourth-order valence-corrected chi connectivity index (χ4v) is 9.18. The molecule has 0 bridgehead atoms. The van der Waals surface area contributed by atoms with Gasteiger partial charge in [0.2, 0.25) is 11.8 Å². The van der Waals surface area contributed by atoms with Gasteiger partial charge in [-0.2, -0.15) is 0 Å². The number of amides is 2. The summed E-state index contributed by atoms with van der Waals surface area (Å²) >= 11 is 1.05. The zero-order valence-electron chi connectivity index (χ0n) is 31.5. The predicted molar refractivity (Wildman–Crippen MR) is 200 cm³/mol. The first-order valence-electron chi connectivity index (χ1n) is 17.6. The van der Waals surface area contributed by atoms with Gasteiger partial charge < -0.3 is 74.0 Å². The van der Waals surface area contributed by atoms with Crippen LogP contribution in [0, 0.1) is 5.41 Å². The average Bonchev–Trinajstić information content (AvgIpc) is 3.86. The third kappa shape index (κ3) is 12.7. The smallest absolute Gasteiger partial charge is 0.274 e. The fraction of sp³-hybridized carbons (Fsp3) is 0.484. The average molecular weight is 921 g/mol. The monoisotopic (exact) mass is 920 g/mol. The van der Waals surface area contributed by atoms with Crippen molar-refractivity contribution in [1.82, 2.24) is 35.1 Å². The number of nitrogen functional groups attached to an aromatic ring is 1. The van der Waals surface area contributed by atoms with Crippen LogP contribution in [0.1, 0.15) is 32.1 Å². The Morgan fingerprint density at radius 3 is 2.52 bits per heavy atom. The van der Waals surface area contributed by atoms with Gasteiger partial charge >= 0.3 is 0 Å². The van der Waals surface area contributed by atoms with Gasteiger partial charge in [0.05, 0.1) is 27.4 Å². The minimum Gasteiger partial charge on any atom is -0.790 e. The molecule has 0 aliphatic carbocycles. The number of aliphatic hydroxyl groups is 2. The maximum absolute atomic E-state index is 12.6. The van der Waals surface area contributed by atoms with E-state index < -0.39 is 84.6 Å². The Balaban J connectivity index is 1.03. The van der Waals surface area contributed by atoms with Crippen LogP contribution < -0.4 is 35.9 Å². The van der Waals surface area contributed by atoms with Crippen molar-refractivity contribution >= 4 is 80.0 Å². The lowest BCUT2D eigenvalue weighted by Gasteiger charge is -2.36. The van der Waals surface area contributed by atoms with Gasteiger partial charge in [-0.05, 0) is 11.6 Å². The van der Waals surface area contributed by atoms with Crippen molar-refractivity contribution in [1.29, 1.82) is 0 Å². The van der Waals surface area contributed by atoms with Crippen molar-refractivity contribution < 1.29 is 80.5 Å². The number of anilines is 1. The van der Waals surface area contributed by atoms with Crippen LogP contribution in [0.15, 0.2) is 43.1 Å². The number of thioether (sulfide) groups is 1. The second-order valence-corrected chi connectivity index (χ2v) is 19.0. The van der Waals surface area contributed by atoms with E-state index in [1.165, 1.54) is 13.8 Å². The Kier molecular flexibility index (Phi) is 15.5. The summed E-state index contributed by atoms with van der Waals surface area (Å²) in [4.78, 5) is 99.9. The Labute approximate surface area is 344 Å². The summed E-state index contributed by atoms with van der Waals surface area (Å²) < 4.78 is 60.6. The van der Waals surface area contributed by atoms with Crippen molar-refractivity contribution in [3.8, 4) is 0 Å². The van der Waals surface area contributed by atoms with Crippen LogP contribution in [0.3, 0.4) is 0 Å². The van der Waals surface area contributed by atoms with Gasteiger partial charge in [-0.15, -0.1) is 0 Å². The van der Waals surface area contributed by atoms with E-state index in [4.69, 9.17) is 10.5 Å². The number of para-hydroxylation sites is 1. The molecule has 2 unspecified atom stereocenters. The molecule has 0 spiro atoms. The lowest BCUT2D eigenvalue weighted by molar-refractivity contribution is -0.347. The van der Waals surface area contributed by atoms with Crippen LogP contribution in [-0.2, 0) is 57.1 Å². The summed E-state index contributed by atoms with van der Waals surface area (Å²) in [6, 6.07) is 7.56. The number of H-pyrrole nitrogens is 1. The Morgan fingerprint density at radius 2 is 1.78 bits per heavy atom. The summed E-state index contributed by atoms with van der Waals surface area (Å²) in [5.74, 6) is -1.27. The van der Waals surface area contributed by atoms with Crippen molar-refractivity contribution in [2.24, 2.45) is 5.41 Å². The van der Waals surface area contributed by atoms with Crippen molar-refractivity contribution in [2.75, 3.05) is 37.8 Å². The standard InChI is InChI=1S/C31H43N8O17P3S/c1-31(2,26(43)29(44)34-8-7-21(40)33-9-10-60-22(41)11-17-12-35-19-6-4-3-5-18(17)19)14-53-59(50,51)56-58(48,49)52-13-20-25(55-57(45,46)47)24(42)30(54-20)39-16-38-23-27(32)36-15-37-28(23)39/h3-6,12,15-16,20,24-26,30,35,42-43H,7-11,13-14H2,1-2H3,(H,33,40)(H,34,44)(H,48,49)(H,50,51)(H2,32,36,37)(H2,45,46,47)/p-4/t20-,24-,25-,26+,30-/m1/s1. The Morgan fingerprint density at radius 1 is 1.07 bits per heavy atom. The summed E-state index contributed by atoms with van der Waals surface area (Å²) in [5.41, 5.74) is 5.83. The van der Waals surface area contributed by atoms with Gasteiger partial charge in [-0.1, -0.05) is 43.8 Å². The highest BCUT2D eigenvalue weighted by atomic mass is 32.2. The molecule has 5 rings (SSSR count). The number of hydrogen-bond donors (Lipinski definition) is 6. The van der Waals surface area contributed by atoms with E-state index in [1.54, 1.807) is 6.20 Å². The molecule has 1 saturated heterocycles. The van der Waals surface area contributed by atoms with E-state index in [1.807, 2.05) is 24.3 Å². The molecule has 7 N–H and O–H groups in total. The zero-order chi connectivity index (χ0) is 44.0. The van der Waals surface area contributed by atoms with Crippen LogP contribution in [0.5, 0.6) is 0 Å². The molecule has 1 aliphatic heterocycles. The molecule has 60 heavy (non-hydrogen) atoms. The number of carbonyl (C=O) groups excluding carboxylic acids is 3. The van der Waals surface area contributed by atoms with Gasteiger partial charge in [0.1, 0.15) is 36.3 Å². The number of ether oxygens (including phenoxy) is 1. The number of aromatic amines is 1. The van der Waals surface area contributed by atoms with E-state index in [0.29, 0.717) is 5.75 Å². The highest BCUT2D eigenvalue weighted by Gasteiger charge is 2.47. The molecule has 0 saturated carbocycles. The zero-order valence-corrected chi connectivity index (χ0v) is 35.0. The minimum absolute atomic E-state index is 0.0232. The number of benzene rings is 1. The normalized spacial score (nSPS) is 21.1. The van der Waals surface area contributed by atoms with Gasteiger partial charge in [0, 0.05) is 54.2 Å². The number of imidazole rings is 1. The quantitative estimate of drug-likeness (QED) is 0.0384. The second-order valence-electron chi connectivity index (χ2n) is 13.7. The van der Waals surface area contributed by atoms with Gasteiger partial charge in [-0.3, -0.25) is 28.1 Å². The molecule has 1 fully saturated rings. The maximum atomic E-state index is 12.6. The molecule has 3 aromatic heterocycles. The van der Waals surface area contributed by atoms with Crippen molar-refractivity contribution in [2.45, 2.75) is 57.3 Å². The number of phosphoric ester groups is 3. The number of fused-ring (bicyclic) bond motifs is 2. The molecular weight excluding hydrogens is 881 g/mol. The van der Waals surface area contributed by atoms with Crippen LogP contribution in [0.25, 0.3) is 22.1 Å². The molecule has 4 aromatic rings. The topological polar surface area (TPSA) is 391 Å². The first-order valence-corrected chi connectivity index (χ1v) is 23.0. The minimum atomic E-state index is -5.92. The van der Waals surface area contributed by atoms with Gasteiger partial charge in [0.25, 0.3) is 15.6 Å². The number of nitrogens with two attached hydrogens (primary N) is 1. The molecule has 330 valence electrons. The fourth-order valence-electron chi connectivity index (χ4n) is 5.76. The van der Waals surface area contributed by atoms with E-state index in [2.05, 4.69) is 48.5 Å². The van der Waals surface area contributed by atoms with E-state index >= 15 is 0 Å². The van der Waals surface area contributed by atoms with E-state index in [9.17, 15) is 57.9 Å². The van der Waals surface area contributed by atoms with E-state index in [0.717, 1.165) is 45.5 Å². The number of carbonyl (C=O) groups is 3. The SMILES string of the molecule is CC(C)(COP(=O)([O-])OP(=O)([O-])OC[C@H]1O[C@@H](n2cnc3c(N)ncnc32)[C@H](O)[C@@H]1OP(=O)([O-])[O-])[C@@H](O)C(=O)NCCC(=O)NCCSC(=O)Cc1c[nH]c2ccccc12. The highest BCUT2D eigenvalue weighted by Crippen LogP contribution is 2.56. The predicted octanol–water partition coefficient (Wildman–Crippen LogP) is -2.14. The molecule has 2 amide bonds. The number of rotatable bonds is 21. The number of aromatic nitrogens is 5. The maximum Gasteiger partial charge on any atom is 0.274 e. The van der Waals surface area contributed by atoms with Crippen molar-refractivity contribution in [3.05, 3.63) is 48.7 Å². The van der Waals surface area contributed by atoms with E-state index in [-0.39, 0.29) is 48.0 Å². The third-order valence-corrected chi connectivity index (χ3v) is 12.6. The van der Waals surface area contributed by atoms with Gasteiger partial charge in [-0.25, -0.2) is 19.3 Å². The van der Waals surface area contributed by atoms with Gasteiger partial charge in [0.15, 0.2) is 22.8 Å². The molecule has 0 radical (unpaired) electrons. The number of nitrogens with one attached hydrogen (secondary N) is 3. The van der Waals surface area contributed by atoms with Crippen LogP contribution in [0.2, 0.25) is 0 Å². The Bertz CT molecular complexity index is 2320. The molecule has 1 aliphatic rings. The molecule has 25 nitrogen and oxygen atoms in total. The summed E-state index contributed by atoms with van der Waals surface area (Å²) in [5, 5.41) is 27.2. The second kappa shape index (κ2) is 19.6. The first kappa shape index (κ1) is 47.4. The summed E-state index contributed by atoms with van der Waals surface area (Å²) in [7, 11) is -17.6. The number of aliphatic hydroxyl groups excluding tert-OH is 2. The molecule has 4 heterocycles. The van der Waals surface area contributed by atoms with Crippen molar-refractivity contribution in [3.63, 3.8) is 0 Å². The number of phosphoric acid groups is 3. The van der Waals surface area contributed by atoms with Crippen LogP contribution in [-0.4, -0.2) is 108 Å². The molecular formula is C31H39N8O17P3S-4. The highest BCUT2D eigenvalue weighted by molar-refractivity contribution is 8.13. The molecule has 29 heteroatoms. The lowest BCUT2D eigenvalue weighted by atomic mass is 9.87. The Hall–Kier alpha value is -3.68. The number of hydrogen-bond acceptors (Lipinski definition) is 22. The first-order chi connectivity index (χ1) is 28.1. The summed E-state index contributed by atoms with van der Waals surface area (Å²) in [6.07, 6.45) is -5.65. The summed E-state index contributed by atoms with van der Waals surface area (Å²) in [6.45, 7) is 0.0480. The largest absolute Gasteiger partial charge is 0.790 e. The third-order valence-electron chi connectivity index (χ3n) is 8.75. The van der Waals surface area contributed by atoms with Crippen LogP contribution in [0.4, 0.5) is 5.82 Å². The molecule has 7 atom stereocenters. The van der Waals surface area contributed by atoms with Crippen LogP contribution >= 0.6 is 35.2 Å². The molecule has 1 aromatic carbocycles. The lowest BCUT2D eigenvalue weighted by Crippen LogP contribution is -2.46.